The highest BCUT2D eigenvalue weighted by atomic mass is 32.1. The maximum atomic E-state index is 12.5. The SMILES string of the molecule is C=c1ccs\c1=C(/N=C/C(=C\N)CN1C[C@H](C)C[C@@](OCC)(C(=O)OC)C1)NC. The molecule has 0 aromatic carbocycles. The van der Waals surface area contributed by atoms with Crippen molar-refractivity contribution < 1.29 is 14.3 Å². The van der Waals surface area contributed by atoms with Crippen molar-refractivity contribution in [1.82, 2.24) is 10.2 Å². The minimum Gasteiger partial charge on any atom is -0.467 e. The zero-order valence-electron chi connectivity index (χ0n) is 17.7. The van der Waals surface area contributed by atoms with Gasteiger partial charge in [0.2, 0.25) is 0 Å². The van der Waals surface area contributed by atoms with Crippen LogP contribution in [0.25, 0.3) is 12.4 Å². The van der Waals surface area contributed by atoms with E-state index in [-0.39, 0.29) is 11.9 Å². The summed E-state index contributed by atoms with van der Waals surface area (Å²) in [6.07, 6.45) is 3.95. The number of carbonyl (C=O) groups is 1. The van der Waals surface area contributed by atoms with Crippen molar-refractivity contribution in [2.45, 2.75) is 25.9 Å². The number of methoxy groups -OCH3 is 1. The number of nitrogens with two attached hydrogens (primary N) is 1. The highest BCUT2D eigenvalue weighted by molar-refractivity contribution is 7.07. The van der Waals surface area contributed by atoms with Gasteiger partial charge in [-0.3, -0.25) is 4.90 Å². The van der Waals surface area contributed by atoms with Crippen molar-refractivity contribution in [3.8, 4) is 0 Å². The molecule has 2 atom stereocenters. The van der Waals surface area contributed by atoms with Gasteiger partial charge in [0, 0.05) is 39.5 Å². The normalized spacial score (nSPS) is 24.6. The second-order valence-corrected chi connectivity index (χ2v) is 8.19. The third-order valence-electron chi connectivity index (χ3n) is 4.88. The lowest BCUT2D eigenvalue weighted by molar-refractivity contribution is -0.179. The molecular weight excluding hydrogens is 388 g/mol. The van der Waals surface area contributed by atoms with E-state index in [1.807, 2.05) is 25.4 Å². The van der Waals surface area contributed by atoms with Crippen molar-refractivity contribution in [3.63, 3.8) is 0 Å². The monoisotopic (exact) mass is 420 g/mol. The maximum Gasteiger partial charge on any atom is 0.339 e. The van der Waals surface area contributed by atoms with E-state index in [4.69, 9.17) is 15.2 Å². The Labute approximate surface area is 176 Å². The Bertz CT molecular complexity index is 864. The molecule has 29 heavy (non-hydrogen) atoms. The van der Waals surface area contributed by atoms with Gasteiger partial charge >= 0.3 is 5.97 Å². The van der Waals surface area contributed by atoms with Gasteiger partial charge in [0.05, 0.1) is 11.6 Å². The second-order valence-electron chi connectivity index (χ2n) is 7.27. The topological polar surface area (TPSA) is 89.2 Å². The zero-order chi connectivity index (χ0) is 21.4. The van der Waals surface area contributed by atoms with Crippen molar-refractivity contribution >= 4 is 35.9 Å². The Morgan fingerprint density at radius 3 is 2.90 bits per heavy atom. The van der Waals surface area contributed by atoms with Gasteiger partial charge in [-0.15, -0.1) is 11.3 Å². The first-order valence-electron chi connectivity index (χ1n) is 9.73. The summed E-state index contributed by atoms with van der Waals surface area (Å²) < 4.78 is 11.9. The van der Waals surface area contributed by atoms with Gasteiger partial charge in [-0.25, -0.2) is 9.79 Å². The molecule has 0 unspecified atom stereocenters. The van der Waals surface area contributed by atoms with Gasteiger partial charge in [-0.05, 0) is 47.7 Å². The average Bonchev–Trinajstić information content (AvgIpc) is 3.12. The molecule has 2 rings (SSSR count). The Kier molecular flexibility index (Phi) is 8.43. The largest absolute Gasteiger partial charge is 0.467 e. The molecular formula is C21H32N4O3S. The molecule has 160 valence electrons. The number of nitrogens with one attached hydrogen (secondary N) is 1. The molecule has 1 aliphatic heterocycles. The Morgan fingerprint density at radius 2 is 2.34 bits per heavy atom. The summed E-state index contributed by atoms with van der Waals surface area (Å²) in [4.78, 5) is 19.2. The predicted octanol–water partition coefficient (Wildman–Crippen LogP) is 0.647. The lowest BCUT2D eigenvalue weighted by atomic mass is 9.85. The minimum atomic E-state index is -0.944. The first kappa shape index (κ1) is 23.1. The summed E-state index contributed by atoms with van der Waals surface area (Å²) >= 11 is 1.58. The molecule has 2 heterocycles. The molecule has 0 bridgehead atoms. The summed E-state index contributed by atoms with van der Waals surface area (Å²) in [5.41, 5.74) is 5.78. The summed E-state index contributed by atoms with van der Waals surface area (Å²) in [6, 6.07) is 1.96. The van der Waals surface area contributed by atoms with Crippen LogP contribution in [-0.2, 0) is 14.3 Å². The molecule has 3 N–H and O–H groups in total. The first-order chi connectivity index (χ1) is 13.9. The van der Waals surface area contributed by atoms with Crippen molar-refractivity contribution in [2.75, 3.05) is 40.4 Å². The van der Waals surface area contributed by atoms with E-state index >= 15 is 0 Å². The van der Waals surface area contributed by atoms with Gasteiger partial charge < -0.3 is 20.5 Å². The van der Waals surface area contributed by atoms with Crippen molar-refractivity contribution in [1.29, 1.82) is 0 Å². The Balaban J connectivity index is 2.21. The third-order valence-corrected chi connectivity index (χ3v) is 5.85. The molecule has 7 nitrogen and oxygen atoms in total. The highest BCUT2D eigenvalue weighted by Crippen LogP contribution is 2.30. The highest BCUT2D eigenvalue weighted by Gasteiger charge is 2.46. The number of thiophene rings is 1. The summed E-state index contributed by atoms with van der Waals surface area (Å²) in [7, 11) is 3.23. The van der Waals surface area contributed by atoms with Crippen LogP contribution in [0.2, 0.25) is 0 Å². The van der Waals surface area contributed by atoms with E-state index < -0.39 is 5.60 Å². The molecule has 8 heteroatoms. The number of ether oxygens (including phenoxy) is 2. The van der Waals surface area contributed by atoms with E-state index in [1.54, 1.807) is 23.8 Å². The Hall–Kier alpha value is -2.16. The number of likely N-dealkylation sites (tertiary alicyclic amines) is 1. The number of esters is 1. The standard InChI is InChI=1S/C21H32N4O3S/c1-6-28-21(20(26)27-5)9-15(2)12-25(14-21)13-17(10-22)11-24-19(23-4)18-16(3)7-8-29-18/h7-8,10-11,15,23H,3,6,9,12-14,22H2,1-2,4-5H3/b17-10+,19-18-,24-11+/t15-,21+/m1/s1. The minimum absolute atomic E-state index is 0.282. The van der Waals surface area contributed by atoms with Crippen LogP contribution in [0.4, 0.5) is 0 Å². The van der Waals surface area contributed by atoms with E-state index in [9.17, 15) is 4.79 Å². The summed E-state index contributed by atoms with van der Waals surface area (Å²) in [5.74, 6) is 0.702. The summed E-state index contributed by atoms with van der Waals surface area (Å²) in [6.45, 7) is 10.3. The lowest BCUT2D eigenvalue weighted by Gasteiger charge is -2.43. The molecule has 0 saturated carbocycles. The van der Waals surface area contributed by atoms with E-state index in [0.717, 1.165) is 27.7 Å². The average molecular weight is 421 g/mol. The molecule has 0 radical (unpaired) electrons. The van der Waals surface area contributed by atoms with Crippen LogP contribution in [0, 0.1) is 5.92 Å². The van der Waals surface area contributed by atoms with Gasteiger partial charge in [0.25, 0.3) is 0 Å². The van der Waals surface area contributed by atoms with Crippen molar-refractivity contribution in [3.05, 3.63) is 33.0 Å². The lowest BCUT2D eigenvalue weighted by Crippen LogP contribution is -2.58. The number of piperidine rings is 1. The fourth-order valence-electron chi connectivity index (χ4n) is 3.78. The first-order valence-corrected chi connectivity index (χ1v) is 10.6. The van der Waals surface area contributed by atoms with Gasteiger partial charge in [-0.2, -0.15) is 0 Å². The van der Waals surface area contributed by atoms with Crippen LogP contribution in [0.3, 0.4) is 0 Å². The smallest absolute Gasteiger partial charge is 0.339 e. The molecule has 1 aromatic rings. The fraction of sp³-hybridized carbons (Fsp3) is 0.524. The molecule has 0 amide bonds. The van der Waals surface area contributed by atoms with Crippen LogP contribution in [0.5, 0.6) is 0 Å². The number of rotatable bonds is 8. The number of aliphatic imine (C=N–C) groups is 1. The van der Waals surface area contributed by atoms with Crippen LogP contribution in [-0.4, -0.2) is 63.1 Å². The zero-order valence-corrected chi connectivity index (χ0v) is 18.6. The number of carbonyl (C=O) groups excluding carboxylic acids is 1. The van der Waals surface area contributed by atoms with E-state index in [2.05, 4.69) is 28.7 Å². The quantitative estimate of drug-likeness (QED) is 0.474. The molecule has 1 aromatic heterocycles. The van der Waals surface area contributed by atoms with E-state index in [1.165, 1.54) is 7.11 Å². The van der Waals surface area contributed by atoms with Crippen LogP contribution in [0.1, 0.15) is 20.3 Å². The molecule has 1 aliphatic rings. The molecule has 0 spiro atoms. The molecule has 1 saturated heterocycles. The number of hydrogen-bond donors (Lipinski definition) is 2. The van der Waals surface area contributed by atoms with Crippen LogP contribution in [0.15, 0.2) is 28.2 Å². The van der Waals surface area contributed by atoms with Gasteiger partial charge in [0.1, 0.15) is 5.82 Å². The van der Waals surface area contributed by atoms with Crippen LogP contribution >= 0.6 is 11.3 Å². The number of hydrogen-bond acceptors (Lipinski definition) is 8. The maximum absolute atomic E-state index is 12.5. The third kappa shape index (κ3) is 5.68. The Morgan fingerprint density at radius 1 is 1.59 bits per heavy atom. The molecule has 0 aliphatic carbocycles. The van der Waals surface area contributed by atoms with Gasteiger partial charge in [-0.1, -0.05) is 13.5 Å². The van der Waals surface area contributed by atoms with Gasteiger partial charge in [0.15, 0.2) is 5.60 Å². The number of nitrogens with zero attached hydrogens (tertiary/aromatic N) is 2. The molecule has 1 fully saturated rings. The fourth-order valence-corrected chi connectivity index (χ4v) is 4.63. The van der Waals surface area contributed by atoms with Crippen molar-refractivity contribution in [2.24, 2.45) is 16.6 Å². The summed E-state index contributed by atoms with van der Waals surface area (Å²) in [5, 5.41) is 6.03. The predicted molar refractivity (Wildman–Crippen MR) is 119 cm³/mol. The van der Waals surface area contributed by atoms with E-state index in [0.29, 0.717) is 26.1 Å². The second kappa shape index (κ2) is 10.6. The van der Waals surface area contributed by atoms with Crippen LogP contribution < -0.4 is 20.8 Å².